The fraction of sp³-hybridized carbons (Fsp3) is 0.632. The molecule has 0 radical (unpaired) electrons. The molecule has 3 rings (SSSR count). The Labute approximate surface area is 154 Å². The number of nitrogens with zero attached hydrogens (tertiary/aromatic N) is 2. The predicted molar refractivity (Wildman–Crippen MR) is 99.6 cm³/mol. The van der Waals surface area contributed by atoms with Gasteiger partial charge in [-0.2, -0.15) is 0 Å². The fourth-order valence-electron chi connectivity index (χ4n) is 3.43. The van der Waals surface area contributed by atoms with Crippen molar-refractivity contribution in [3.63, 3.8) is 0 Å². The van der Waals surface area contributed by atoms with Crippen LogP contribution in [0.3, 0.4) is 0 Å². The smallest absolute Gasteiger partial charge is 0.410 e. The molecule has 1 amide bonds. The number of rotatable bonds is 2. The van der Waals surface area contributed by atoms with E-state index in [0.29, 0.717) is 31.1 Å². The number of halogens is 1. The van der Waals surface area contributed by atoms with Gasteiger partial charge in [0.15, 0.2) is 5.75 Å². The van der Waals surface area contributed by atoms with Gasteiger partial charge in [-0.15, -0.1) is 0 Å². The zero-order valence-electron chi connectivity index (χ0n) is 16.0. The SMILES string of the molecule is CN(C(=O)OC(C)(C)C)C1CCN(c2c(F)ccc3c2OCCN3)CC1. The van der Waals surface area contributed by atoms with Crippen LogP contribution in [0, 0.1) is 5.82 Å². The minimum atomic E-state index is -0.511. The summed E-state index contributed by atoms with van der Waals surface area (Å²) in [6.07, 6.45) is 1.20. The summed E-state index contributed by atoms with van der Waals surface area (Å²) in [6, 6.07) is 3.29. The van der Waals surface area contributed by atoms with Gasteiger partial charge in [-0.05, 0) is 45.7 Å². The number of hydrogen-bond acceptors (Lipinski definition) is 5. The molecule has 2 aliphatic rings. The van der Waals surface area contributed by atoms with Gasteiger partial charge < -0.3 is 24.6 Å². The van der Waals surface area contributed by atoms with Crippen molar-refractivity contribution < 1.29 is 18.7 Å². The van der Waals surface area contributed by atoms with Gasteiger partial charge in [-0.3, -0.25) is 0 Å². The normalized spacial score (nSPS) is 17.8. The molecule has 26 heavy (non-hydrogen) atoms. The molecule has 144 valence electrons. The highest BCUT2D eigenvalue weighted by atomic mass is 19.1. The van der Waals surface area contributed by atoms with Crippen molar-refractivity contribution in [3.05, 3.63) is 17.9 Å². The Hall–Kier alpha value is -2.18. The second-order valence-electron chi connectivity index (χ2n) is 7.86. The Morgan fingerprint density at radius 1 is 1.35 bits per heavy atom. The van der Waals surface area contributed by atoms with Crippen molar-refractivity contribution >= 4 is 17.5 Å². The maximum Gasteiger partial charge on any atom is 0.410 e. The van der Waals surface area contributed by atoms with Crippen LogP contribution in [0.5, 0.6) is 5.75 Å². The van der Waals surface area contributed by atoms with Crippen LogP contribution in [0.25, 0.3) is 0 Å². The third kappa shape index (κ3) is 3.97. The third-order valence-corrected chi connectivity index (χ3v) is 4.76. The highest BCUT2D eigenvalue weighted by molar-refractivity contribution is 5.74. The Morgan fingerprint density at radius 2 is 2.04 bits per heavy atom. The van der Waals surface area contributed by atoms with E-state index in [-0.39, 0.29) is 18.0 Å². The average Bonchev–Trinajstić information content (AvgIpc) is 2.60. The number of carbonyl (C=O) groups is 1. The molecule has 6 nitrogen and oxygen atoms in total. The zero-order valence-corrected chi connectivity index (χ0v) is 16.0. The van der Waals surface area contributed by atoms with E-state index in [1.165, 1.54) is 6.07 Å². The lowest BCUT2D eigenvalue weighted by atomic mass is 10.0. The van der Waals surface area contributed by atoms with Crippen LogP contribution in [0.1, 0.15) is 33.6 Å². The van der Waals surface area contributed by atoms with Gasteiger partial charge in [-0.25, -0.2) is 9.18 Å². The van der Waals surface area contributed by atoms with E-state index in [0.717, 1.165) is 25.1 Å². The predicted octanol–water partition coefficient (Wildman–Crippen LogP) is 3.47. The largest absolute Gasteiger partial charge is 0.487 e. The van der Waals surface area contributed by atoms with Gasteiger partial charge in [-0.1, -0.05) is 0 Å². The molecule has 0 bridgehead atoms. The Kier molecular flexibility index (Phi) is 5.16. The first-order valence-corrected chi connectivity index (χ1v) is 9.16. The highest BCUT2D eigenvalue weighted by Crippen LogP contribution is 2.41. The van der Waals surface area contributed by atoms with Crippen LogP contribution in [0.15, 0.2) is 12.1 Å². The molecule has 7 heteroatoms. The van der Waals surface area contributed by atoms with Crippen molar-refractivity contribution in [2.75, 3.05) is 43.5 Å². The quantitative estimate of drug-likeness (QED) is 0.870. The summed E-state index contributed by atoms with van der Waals surface area (Å²) in [7, 11) is 1.77. The van der Waals surface area contributed by atoms with Crippen molar-refractivity contribution in [3.8, 4) is 5.75 Å². The van der Waals surface area contributed by atoms with Crippen LogP contribution in [-0.2, 0) is 4.74 Å². The summed E-state index contributed by atoms with van der Waals surface area (Å²) in [5.41, 5.74) is 0.844. The molecule has 1 aromatic carbocycles. The molecular weight excluding hydrogens is 337 g/mol. The maximum atomic E-state index is 14.5. The van der Waals surface area contributed by atoms with E-state index in [1.807, 2.05) is 25.7 Å². The van der Waals surface area contributed by atoms with Crippen molar-refractivity contribution in [1.29, 1.82) is 0 Å². The lowest BCUT2D eigenvalue weighted by Crippen LogP contribution is -2.47. The lowest BCUT2D eigenvalue weighted by Gasteiger charge is -2.39. The molecule has 1 aromatic rings. The lowest BCUT2D eigenvalue weighted by molar-refractivity contribution is 0.0200. The molecule has 0 aliphatic carbocycles. The highest BCUT2D eigenvalue weighted by Gasteiger charge is 2.31. The Morgan fingerprint density at radius 3 is 2.69 bits per heavy atom. The first-order chi connectivity index (χ1) is 12.3. The van der Waals surface area contributed by atoms with Crippen LogP contribution in [-0.4, -0.2) is 55.9 Å². The molecular formula is C19H28FN3O3. The van der Waals surface area contributed by atoms with Gasteiger partial charge in [0, 0.05) is 32.7 Å². The number of nitrogens with one attached hydrogen (secondary N) is 1. The number of piperidine rings is 1. The molecule has 0 saturated carbocycles. The van der Waals surface area contributed by atoms with Crippen LogP contribution in [0.2, 0.25) is 0 Å². The maximum absolute atomic E-state index is 14.5. The summed E-state index contributed by atoms with van der Waals surface area (Å²) in [5, 5.41) is 3.25. The Bertz CT molecular complexity index is 667. The van der Waals surface area contributed by atoms with Crippen LogP contribution < -0.4 is 15.0 Å². The first-order valence-electron chi connectivity index (χ1n) is 9.16. The van der Waals surface area contributed by atoms with Crippen molar-refractivity contribution in [2.24, 2.45) is 0 Å². The van der Waals surface area contributed by atoms with Crippen LogP contribution >= 0.6 is 0 Å². The van der Waals surface area contributed by atoms with E-state index in [9.17, 15) is 9.18 Å². The number of fused-ring (bicyclic) bond motifs is 1. The summed E-state index contributed by atoms with van der Waals surface area (Å²) in [4.78, 5) is 15.9. The van der Waals surface area contributed by atoms with Gasteiger partial charge in [0.25, 0.3) is 0 Å². The van der Waals surface area contributed by atoms with Gasteiger partial charge in [0.2, 0.25) is 0 Å². The first kappa shape index (κ1) is 18.6. The molecule has 2 aliphatic heterocycles. The number of amides is 1. The molecule has 0 unspecified atom stereocenters. The molecule has 1 N–H and O–H groups in total. The molecule has 2 heterocycles. The number of carbonyl (C=O) groups excluding carboxylic acids is 1. The number of hydrogen-bond donors (Lipinski definition) is 1. The van der Waals surface area contributed by atoms with Gasteiger partial charge in [0.05, 0.1) is 5.69 Å². The topological polar surface area (TPSA) is 54.0 Å². The standard InChI is InChI=1S/C19H28FN3O3/c1-19(2,3)26-18(24)22(4)13-7-10-23(11-8-13)16-14(20)5-6-15-17(16)25-12-9-21-15/h5-6,13,21H,7-12H2,1-4H3. The summed E-state index contributed by atoms with van der Waals surface area (Å²) >= 11 is 0. The molecule has 1 fully saturated rings. The second kappa shape index (κ2) is 7.21. The van der Waals surface area contributed by atoms with Gasteiger partial charge >= 0.3 is 6.09 Å². The minimum absolute atomic E-state index is 0.0859. The zero-order chi connectivity index (χ0) is 18.9. The minimum Gasteiger partial charge on any atom is -0.487 e. The number of anilines is 2. The molecule has 0 aromatic heterocycles. The summed E-state index contributed by atoms with van der Waals surface area (Å²) < 4.78 is 25.7. The van der Waals surface area contributed by atoms with E-state index in [1.54, 1.807) is 18.0 Å². The van der Waals surface area contributed by atoms with Crippen LogP contribution in [0.4, 0.5) is 20.6 Å². The Balaban J connectivity index is 1.67. The third-order valence-electron chi connectivity index (χ3n) is 4.76. The average molecular weight is 365 g/mol. The van der Waals surface area contributed by atoms with E-state index in [2.05, 4.69) is 5.32 Å². The molecule has 0 atom stereocenters. The number of benzene rings is 1. The number of ether oxygens (including phenoxy) is 2. The molecule has 0 spiro atoms. The van der Waals surface area contributed by atoms with E-state index < -0.39 is 5.60 Å². The second-order valence-corrected chi connectivity index (χ2v) is 7.86. The fourth-order valence-corrected chi connectivity index (χ4v) is 3.43. The van der Waals surface area contributed by atoms with Gasteiger partial charge in [0.1, 0.15) is 23.7 Å². The van der Waals surface area contributed by atoms with E-state index in [4.69, 9.17) is 9.47 Å². The van der Waals surface area contributed by atoms with Crippen molar-refractivity contribution in [2.45, 2.75) is 45.3 Å². The summed E-state index contributed by atoms with van der Waals surface area (Å²) in [5.74, 6) is 0.321. The molecule has 1 saturated heterocycles. The van der Waals surface area contributed by atoms with E-state index >= 15 is 0 Å². The summed E-state index contributed by atoms with van der Waals surface area (Å²) in [6.45, 7) is 8.15. The monoisotopic (exact) mass is 365 g/mol. The van der Waals surface area contributed by atoms with Crippen molar-refractivity contribution in [1.82, 2.24) is 4.90 Å².